The van der Waals surface area contributed by atoms with Gasteiger partial charge in [0.1, 0.15) is 5.69 Å². The van der Waals surface area contributed by atoms with Crippen molar-refractivity contribution >= 4 is 11.6 Å². The zero-order chi connectivity index (χ0) is 12.5. The van der Waals surface area contributed by atoms with E-state index in [-0.39, 0.29) is 37.5 Å². The first-order valence-corrected chi connectivity index (χ1v) is 5.37. The van der Waals surface area contributed by atoms with Crippen LogP contribution in [0.1, 0.15) is 23.3 Å². The van der Waals surface area contributed by atoms with Crippen molar-refractivity contribution in [2.24, 2.45) is 0 Å². The Bertz CT molecular complexity index is 409. The fraction of sp³-hybridized carbons (Fsp3) is 0.455. The summed E-state index contributed by atoms with van der Waals surface area (Å²) in [5, 5.41) is 0. The minimum Gasteiger partial charge on any atom is -0.397 e. The van der Waals surface area contributed by atoms with E-state index in [2.05, 4.69) is 4.98 Å². The molecule has 6 heteroatoms. The van der Waals surface area contributed by atoms with Gasteiger partial charge in [0.05, 0.1) is 11.9 Å². The van der Waals surface area contributed by atoms with Crippen LogP contribution in [-0.4, -0.2) is 34.8 Å². The number of aromatic nitrogens is 1. The number of hydrogen-bond donors (Lipinski definition) is 1. The van der Waals surface area contributed by atoms with Crippen molar-refractivity contribution < 1.29 is 13.6 Å². The number of carbonyl (C=O) groups is 1. The van der Waals surface area contributed by atoms with E-state index in [4.69, 9.17) is 5.73 Å². The molecule has 1 aromatic rings. The quantitative estimate of drug-likeness (QED) is 0.811. The van der Waals surface area contributed by atoms with Gasteiger partial charge < -0.3 is 10.6 Å². The molecule has 17 heavy (non-hydrogen) atoms. The van der Waals surface area contributed by atoms with Crippen LogP contribution in [0.15, 0.2) is 18.3 Å². The Morgan fingerprint density at radius 1 is 1.35 bits per heavy atom. The van der Waals surface area contributed by atoms with Crippen molar-refractivity contribution in [1.29, 1.82) is 0 Å². The molecule has 1 aromatic heterocycles. The van der Waals surface area contributed by atoms with Crippen molar-refractivity contribution in [3.05, 3.63) is 24.0 Å². The molecule has 2 rings (SSSR count). The van der Waals surface area contributed by atoms with Crippen LogP contribution in [0.4, 0.5) is 14.5 Å². The van der Waals surface area contributed by atoms with Crippen LogP contribution in [0.25, 0.3) is 0 Å². The minimum atomic E-state index is -2.65. The maximum Gasteiger partial charge on any atom is 0.272 e. The van der Waals surface area contributed by atoms with Crippen LogP contribution in [0.2, 0.25) is 0 Å². The van der Waals surface area contributed by atoms with Crippen molar-refractivity contribution in [1.82, 2.24) is 9.88 Å². The maximum atomic E-state index is 12.9. The number of halogens is 2. The van der Waals surface area contributed by atoms with Gasteiger partial charge in [-0.1, -0.05) is 0 Å². The molecule has 4 nitrogen and oxygen atoms in total. The van der Waals surface area contributed by atoms with Gasteiger partial charge in [0.25, 0.3) is 11.8 Å². The van der Waals surface area contributed by atoms with Gasteiger partial charge in [-0.2, -0.15) is 0 Å². The highest BCUT2D eigenvalue weighted by Gasteiger charge is 2.35. The summed E-state index contributed by atoms with van der Waals surface area (Å²) >= 11 is 0. The fourth-order valence-corrected chi connectivity index (χ4v) is 1.73. The predicted octanol–water partition coefficient (Wildman–Crippen LogP) is 1.54. The lowest BCUT2D eigenvalue weighted by Crippen LogP contribution is -2.42. The van der Waals surface area contributed by atoms with Gasteiger partial charge in [-0.25, -0.2) is 13.8 Å². The topological polar surface area (TPSA) is 59.2 Å². The summed E-state index contributed by atoms with van der Waals surface area (Å²) in [6.45, 7) is 0.135. The summed E-state index contributed by atoms with van der Waals surface area (Å²) in [5.41, 5.74) is 6.16. The van der Waals surface area contributed by atoms with Gasteiger partial charge in [0, 0.05) is 25.9 Å². The molecule has 2 heterocycles. The smallest absolute Gasteiger partial charge is 0.272 e. The molecule has 1 aliphatic rings. The minimum absolute atomic E-state index is 0.0674. The highest BCUT2D eigenvalue weighted by molar-refractivity contribution is 5.92. The highest BCUT2D eigenvalue weighted by atomic mass is 19.3. The van der Waals surface area contributed by atoms with E-state index in [0.717, 1.165) is 0 Å². The summed E-state index contributed by atoms with van der Waals surface area (Å²) < 4.78 is 25.9. The second-order valence-corrected chi connectivity index (χ2v) is 4.12. The average Bonchev–Trinajstić information content (AvgIpc) is 2.29. The standard InChI is InChI=1S/C11H13F2N3O/c12-11(13)3-5-16(6-4-11)10(17)9-2-1-8(14)7-15-9/h1-2,7H,3-6,14H2. The number of rotatable bonds is 1. The SMILES string of the molecule is Nc1ccc(C(=O)N2CCC(F)(F)CC2)nc1. The van der Waals surface area contributed by atoms with Crippen LogP contribution in [0.3, 0.4) is 0 Å². The molecule has 2 N–H and O–H groups in total. The lowest BCUT2D eigenvalue weighted by molar-refractivity contribution is -0.0495. The van der Waals surface area contributed by atoms with E-state index < -0.39 is 5.92 Å². The van der Waals surface area contributed by atoms with Gasteiger partial charge in [0.2, 0.25) is 0 Å². The average molecular weight is 241 g/mol. The number of nitrogens with two attached hydrogens (primary N) is 1. The Kier molecular flexibility index (Phi) is 2.95. The lowest BCUT2D eigenvalue weighted by Gasteiger charge is -2.31. The second-order valence-electron chi connectivity index (χ2n) is 4.12. The third-order valence-electron chi connectivity index (χ3n) is 2.79. The van der Waals surface area contributed by atoms with E-state index in [9.17, 15) is 13.6 Å². The van der Waals surface area contributed by atoms with Gasteiger partial charge in [-0.05, 0) is 12.1 Å². The molecule has 0 atom stereocenters. The molecular weight excluding hydrogens is 228 g/mol. The first-order valence-electron chi connectivity index (χ1n) is 5.37. The molecule has 0 saturated carbocycles. The van der Waals surface area contributed by atoms with Crippen molar-refractivity contribution in [3.8, 4) is 0 Å². The molecule has 1 fully saturated rings. The Morgan fingerprint density at radius 3 is 2.53 bits per heavy atom. The maximum absolute atomic E-state index is 12.9. The molecule has 0 bridgehead atoms. The van der Waals surface area contributed by atoms with Gasteiger partial charge >= 0.3 is 0 Å². The molecule has 0 aromatic carbocycles. The van der Waals surface area contributed by atoms with Gasteiger partial charge in [-0.15, -0.1) is 0 Å². The van der Waals surface area contributed by atoms with E-state index in [1.165, 1.54) is 17.2 Å². The molecule has 0 radical (unpaired) electrons. The third-order valence-corrected chi connectivity index (χ3v) is 2.79. The summed E-state index contributed by atoms with van der Waals surface area (Å²) in [6.07, 6.45) is 0.813. The zero-order valence-corrected chi connectivity index (χ0v) is 9.20. The molecule has 1 amide bonds. The number of alkyl halides is 2. The number of hydrogen-bond acceptors (Lipinski definition) is 3. The van der Waals surface area contributed by atoms with Crippen LogP contribution >= 0.6 is 0 Å². The van der Waals surface area contributed by atoms with E-state index in [1.807, 2.05) is 0 Å². The molecule has 0 unspecified atom stereocenters. The van der Waals surface area contributed by atoms with Crippen LogP contribution in [0, 0.1) is 0 Å². The number of nitrogen functional groups attached to an aromatic ring is 1. The normalized spacial score (nSPS) is 19.1. The van der Waals surface area contributed by atoms with E-state index in [1.54, 1.807) is 6.07 Å². The van der Waals surface area contributed by atoms with Gasteiger partial charge in [0.15, 0.2) is 0 Å². The molecule has 0 aliphatic carbocycles. The number of amides is 1. The number of likely N-dealkylation sites (tertiary alicyclic amines) is 1. The summed E-state index contributed by atoms with van der Waals surface area (Å²) in [6, 6.07) is 3.07. The highest BCUT2D eigenvalue weighted by Crippen LogP contribution is 2.28. The Morgan fingerprint density at radius 2 is 2.00 bits per heavy atom. The Balaban J connectivity index is 2.04. The summed E-state index contributed by atoms with van der Waals surface area (Å²) in [7, 11) is 0. The molecular formula is C11H13F2N3O. The van der Waals surface area contributed by atoms with E-state index >= 15 is 0 Å². The Hall–Kier alpha value is -1.72. The monoisotopic (exact) mass is 241 g/mol. The fourth-order valence-electron chi connectivity index (χ4n) is 1.73. The van der Waals surface area contributed by atoms with Crippen LogP contribution in [0.5, 0.6) is 0 Å². The van der Waals surface area contributed by atoms with Crippen molar-refractivity contribution in [3.63, 3.8) is 0 Å². The largest absolute Gasteiger partial charge is 0.397 e. The number of pyridine rings is 1. The number of piperidine rings is 1. The van der Waals surface area contributed by atoms with E-state index in [0.29, 0.717) is 5.69 Å². The first-order chi connectivity index (χ1) is 7.98. The third kappa shape index (κ3) is 2.69. The summed E-state index contributed by atoms with van der Waals surface area (Å²) in [4.78, 5) is 17.2. The number of nitrogens with zero attached hydrogens (tertiary/aromatic N) is 2. The second kappa shape index (κ2) is 4.27. The zero-order valence-electron chi connectivity index (χ0n) is 9.20. The molecule has 1 saturated heterocycles. The van der Waals surface area contributed by atoms with Crippen molar-refractivity contribution in [2.45, 2.75) is 18.8 Å². The number of anilines is 1. The lowest BCUT2D eigenvalue weighted by atomic mass is 10.1. The molecule has 92 valence electrons. The summed E-state index contributed by atoms with van der Waals surface area (Å²) in [5.74, 6) is -2.97. The van der Waals surface area contributed by atoms with Crippen LogP contribution < -0.4 is 5.73 Å². The molecule has 1 aliphatic heterocycles. The molecule has 0 spiro atoms. The first kappa shape index (κ1) is 11.8. The predicted molar refractivity (Wildman–Crippen MR) is 58.7 cm³/mol. The van der Waals surface area contributed by atoms with Crippen molar-refractivity contribution in [2.75, 3.05) is 18.8 Å². The Labute approximate surface area is 97.4 Å². The van der Waals surface area contributed by atoms with Crippen LogP contribution in [-0.2, 0) is 0 Å². The number of carbonyl (C=O) groups excluding carboxylic acids is 1. The van der Waals surface area contributed by atoms with Gasteiger partial charge in [-0.3, -0.25) is 4.79 Å².